The minimum absolute atomic E-state index is 0.195. The molecular formula is C14H24N4O2S. The molecule has 0 aliphatic carbocycles. The van der Waals surface area contributed by atoms with Gasteiger partial charge in [0.2, 0.25) is 10.0 Å². The van der Waals surface area contributed by atoms with Crippen molar-refractivity contribution >= 4 is 15.8 Å². The van der Waals surface area contributed by atoms with Crippen LogP contribution in [-0.2, 0) is 10.0 Å². The van der Waals surface area contributed by atoms with E-state index in [0.717, 1.165) is 19.6 Å². The second-order valence-electron chi connectivity index (χ2n) is 5.56. The number of rotatable bonds is 7. The summed E-state index contributed by atoms with van der Waals surface area (Å²) in [5.41, 5.74) is 0. The molecule has 0 saturated carbocycles. The van der Waals surface area contributed by atoms with E-state index in [1.165, 1.54) is 12.8 Å². The van der Waals surface area contributed by atoms with Gasteiger partial charge in [-0.2, -0.15) is 0 Å². The molecule has 0 amide bonds. The van der Waals surface area contributed by atoms with Gasteiger partial charge in [-0.05, 0) is 44.0 Å². The fourth-order valence-electron chi connectivity index (χ4n) is 2.60. The lowest BCUT2D eigenvalue weighted by atomic mass is 10.2. The number of hydrogen-bond donors (Lipinski definition) is 2. The smallest absolute Gasteiger partial charge is 0.244 e. The Labute approximate surface area is 127 Å². The largest absolute Gasteiger partial charge is 0.372 e. The molecule has 2 rings (SSSR count). The van der Waals surface area contributed by atoms with Crippen molar-refractivity contribution < 1.29 is 8.42 Å². The van der Waals surface area contributed by atoms with Crippen molar-refractivity contribution in [3.8, 4) is 0 Å². The number of aromatic nitrogens is 1. The van der Waals surface area contributed by atoms with Crippen LogP contribution in [0.5, 0.6) is 0 Å². The molecule has 1 atom stereocenters. The van der Waals surface area contributed by atoms with Gasteiger partial charge in [-0.3, -0.25) is 0 Å². The van der Waals surface area contributed by atoms with Crippen LogP contribution < -0.4 is 10.0 Å². The lowest BCUT2D eigenvalue weighted by molar-refractivity contribution is 0.288. The molecule has 1 aliphatic rings. The maximum Gasteiger partial charge on any atom is 0.244 e. The van der Waals surface area contributed by atoms with Crippen LogP contribution in [0.4, 0.5) is 5.82 Å². The minimum Gasteiger partial charge on any atom is -0.372 e. The fourth-order valence-corrected chi connectivity index (χ4v) is 3.92. The Morgan fingerprint density at radius 1 is 1.38 bits per heavy atom. The molecule has 1 fully saturated rings. The number of hydrogen-bond acceptors (Lipinski definition) is 5. The molecule has 2 N–H and O–H groups in total. The second-order valence-corrected chi connectivity index (χ2v) is 7.30. The zero-order chi connectivity index (χ0) is 15.3. The Morgan fingerprint density at radius 3 is 2.76 bits per heavy atom. The lowest BCUT2D eigenvalue weighted by Crippen LogP contribution is -2.34. The van der Waals surface area contributed by atoms with Crippen LogP contribution in [0.15, 0.2) is 23.2 Å². The van der Waals surface area contributed by atoms with E-state index in [1.54, 1.807) is 25.4 Å². The highest BCUT2D eigenvalue weighted by Crippen LogP contribution is 2.17. The molecule has 0 spiro atoms. The molecule has 6 nitrogen and oxygen atoms in total. The van der Waals surface area contributed by atoms with Crippen LogP contribution in [0.25, 0.3) is 0 Å². The zero-order valence-corrected chi connectivity index (χ0v) is 13.5. The summed E-state index contributed by atoms with van der Waals surface area (Å²) in [7, 11) is -1.86. The van der Waals surface area contributed by atoms with Gasteiger partial charge in [0.1, 0.15) is 10.7 Å². The normalized spacial score (nSPS) is 17.8. The molecule has 1 unspecified atom stereocenters. The quantitative estimate of drug-likeness (QED) is 0.789. The van der Waals surface area contributed by atoms with Crippen molar-refractivity contribution in [2.75, 3.05) is 38.5 Å². The molecular weight excluding hydrogens is 288 g/mol. The van der Waals surface area contributed by atoms with Crippen LogP contribution >= 0.6 is 0 Å². The monoisotopic (exact) mass is 312 g/mol. The number of anilines is 1. The average Bonchev–Trinajstić information content (AvgIpc) is 2.98. The molecule has 2 heterocycles. The van der Waals surface area contributed by atoms with Gasteiger partial charge in [-0.15, -0.1) is 0 Å². The summed E-state index contributed by atoms with van der Waals surface area (Å²) in [5, 5.41) is 2.81. The Hall–Kier alpha value is -1.18. The minimum atomic E-state index is -3.53. The number of pyridine rings is 1. The first-order valence-corrected chi connectivity index (χ1v) is 8.86. The molecule has 1 saturated heterocycles. The number of likely N-dealkylation sites (tertiary alicyclic amines) is 1. The Morgan fingerprint density at radius 2 is 2.10 bits per heavy atom. The first-order chi connectivity index (χ1) is 10.0. The maximum absolute atomic E-state index is 12.3. The lowest BCUT2D eigenvalue weighted by Gasteiger charge is -2.20. The van der Waals surface area contributed by atoms with Gasteiger partial charge in [0, 0.05) is 26.3 Å². The van der Waals surface area contributed by atoms with Crippen LogP contribution in [0.1, 0.15) is 19.8 Å². The van der Waals surface area contributed by atoms with Crippen molar-refractivity contribution in [2.45, 2.75) is 24.7 Å². The van der Waals surface area contributed by atoms with Crippen molar-refractivity contribution in [3.05, 3.63) is 18.3 Å². The summed E-state index contributed by atoms with van der Waals surface area (Å²) >= 11 is 0. The molecule has 118 valence electrons. The van der Waals surface area contributed by atoms with Gasteiger partial charge in [0.15, 0.2) is 0 Å². The molecule has 7 heteroatoms. The van der Waals surface area contributed by atoms with Crippen molar-refractivity contribution in [3.63, 3.8) is 0 Å². The Kier molecular flexibility index (Phi) is 5.55. The van der Waals surface area contributed by atoms with Gasteiger partial charge in [-0.25, -0.2) is 18.1 Å². The van der Waals surface area contributed by atoms with Gasteiger partial charge in [0.05, 0.1) is 0 Å². The number of nitrogens with one attached hydrogen (secondary N) is 2. The molecule has 1 aromatic rings. The van der Waals surface area contributed by atoms with E-state index in [-0.39, 0.29) is 10.8 Å². The fraction of sp³-hybridized carbons (Fsp3) is 0.643. The molecule has 1 aliphatic heterocycles. The second kappa shape index (κ2) is 7.20. The third-order valence-corrected chi connectivity index (χ3v) is 5.14. The zero-order valence-electron chi connectivity index (χ0n) is 12.7. The average molecular weight is 312 g/mol. The maximum atomic E-state index is 12.3. The van der Waals surface area contributed by atoms with E-state index in [1.807, 2.05) is 0 Å². The van der Waals surface area contributed by atoms with E-state index >= 15 is 0 Å². The Balaban J connectivity index is 1.94. The number of nitrogens with zero attached hydrogens (tertiary/aromatic N) is 2. The van der Waals surface area contributed by atoms with Gasteiger partial charge < -0.3 is 10.2 Å². The van der Waals surface area contributed by atoms with E-state index in [2.05, 4.69) is 26.8 Å². The first kappa shape index (κ1) is 16.2. The summed E-state index contributed by atoms with van der Waals surface area (Å²) in [6, 6.07) is 3.19. The van der Waals surface area contributed by atoms with Crippen LogP contribution in [0, 0.1) is 5.92 Å². The van der Waals surface area contributed by atoms with E-state index < -0.39 is 10.0 Å². The summed E-state index contributed by atoms with van der Waals surface area (Å²) in [6.07, 6.45) is 4.07. The molecule has 0 aromatic carbocycles. The topological polar surface area (TPSA) is 74.3 Å². The predicted molar refractivity (Wildman–Crippen MR) is 83.8 cm³/mol. The van der Waals surface area contributed by atoms with E-state index in [4.69, 9.17) is 0 Å². The van der Waals surface area contributed by atoms with Gasteiger partial charge in [0.25, 0.3) is 0 Å². The van der Waals surface area contributed by atoms with E-state index in [0.29, 0.717) is 12.4 Å². The summed E-state index contributed by atoms with van der Waals surface area (Å²) in [4.78, 5) is 6.62. The predicted octanol–water partition coefficient (Wildman–Crippen LogP) is 1.13. The van der Waals surface area contributed by atoms with Crippen molar-refractivity contribution in [1.82, 2.24) is 14.6 Å². The summed E-state index contributed by atoms with van der Waals surface area (Å²) < 4.78 is 27.4. The highest BCUT2D eigenvalue weighted by atomic mass is 32.2. The molecule has 0 radical (unpaired) electrons. The van der Waals surface area contributed by atoms with E-state index in [9.17, 15) is 8.42 Å². The van der Waals surface area contributed by atoms with Gasteiger partial charge >= 0.3 is 0 Å². The molecule has 0 bridgehead atoms. The Bertz CT molecular complexity index is 556. The standard InChI is InChI=1S/C14H24N4O2S/c1-12(11-18-8-3-4-9-18)10-17-21(19,20)13-6-5-7-16-14(13)15-2/h5-7,12,17H,3-4,8-11H2,1-2H3,(H,15,16). The molecule has 21 heavy (non-hydrogen) atoms. The summed E-state index contributed by atoms with van der Waals surface area (Å²) in [6.45, 7) is 5.71. The van der Waals surface area contributed by atoms with Crippen LogP contribution in [0.2, 0.25) is 0 Å². The van der Waals surface area contributed by atoms with Crippen molar-refractivity contribution in [1.29, 1.82) is 0 Å². The molecule has 1 aromatic heterocycles. The SMILES string of the molecule is CNc1ncccc1S(=O)(=O)NCC(C)CN1CCCC1. The van der Waals surface area contributed by atoms with Crippen molar-refractivity contribution in [2.24, 2.45) is 5.92 Å². The first-order valence-electron chi connectivity index (χ1n) is 7.37. The van der Waals surface area contributed by atoms with Crippen LogP contribution in [0.3, 0.4) is 0 Å². The highest BCUT2D eigenvalue weighted by molar-refractivity contribution is 7.89. The summed E-state index contributed by atoms with van der Waals surface area (Å²) in [5.74, 6) is 0.657. The highest BCUT2D eigenvalue weighted by Gasteiger charge is 2.20. The van der Waals surface area contributed by atoms with Gasteiger partial charge in [-0.1, -0.05) is 6.92 Å². The van der Waals surface area contributed by atoms with Crippen LogP contribution in [-0.4, -0.2) is 51.5 Å². The third kappa shape index (κ3) is 4.39. The number of sulfonamides is 1. The third-order valence-electron chi connectivity index (χ3n) is 3.69.